The van der Waals surface area contributed by atoms with Crippen LogP contribution in [0.2, 0.25) is 0 Å². The molecule has 4 heteroatoms. The molecule has 4 nitrogen and oxygen atoms in total. The molecule has 1 aliphatic rings. The van der Waals surface area contributed by atoms with Crippen molar-refractivity contribution in [3.05, 3.63) is 0 Å². The Morgan fingerprint density at radius 1 is 1.41 bits per heavy atom. The third kappa shape index (κ3) is 5.04. The molecule has 0 bridgehead atoms. The first-order valence-corrected chi connectivity index (χ1v) is 6.77. The van der Waals surface area contributed by atoms with Crippen molar-refractivity contribution < 1.29 is 14.6 Å². The van der Waals surface area contributed by atoms with E-state index in [1.54, 1.807) is 0 Å². The molecule has 0 spiro atoms. The zero-order valence-electron chi connectivity index (χ0n) is 10.9. The number of aliphatic hydroxyl groups is 1. The van der Waals surface area contributed by atoms with Crippen molar-refractivity contribution in [1.82, 2.24) is 4.90 Å². The molecule has 0 radical (unpaired) electrons. The van der Waals surface area contributed by atoms with Crippen LogP contribution in [0.5, 0.6) is 0 Å². The van der Waals surface area contributed by atoms with E-state index in [0.717, 1.165) is 32.4 Å². The lowest BCUT2D eigenvalue weighted by Crippen LogP contribution is -2.44. The molecule has 1 fully saturated rings. The van der Waals surface area contributed by atoms with E-state index in [4.69, 9.17) is 9.84 Å². The number of carbonyl (C=O) groups excluding carboxylic acids is 1. The zero-order valence-corrected chi connectivity index (χ0v) is 10.9. The molecule has 1 rings (SSSR count). The molecule has 1 heterocycles. The van der Waals surface area contributed by atoms with Crippen molar-refractivity contribution in [2.24, 2.45) is 0 Å². The predicted octanol–water partition coefficient (Wildman–Crippen LogP) is 1.57. The molecule has 1 aliphatic heterocycles. The SMILES string of the molecule is CCCOCCC(=O)N1CCCCC1CCO. The fourth-order valence-corrected chi connectivity index (χ4v) is 2.33. The third-order valence-electron chi connectivity index (χ3n) is 3.22. The molecule has 0 aromatic heterocycles. The number of nitrogens with zero attached hydrogens (tertiary/aromatic N) is 1. The van der Waals surface area contributed by atoms with E-state index in [0.29, 0.717) is 19.4 Å². The van der Waals surface area contributed by atoms with Crippen LogP contribution in [-0.2, 0) is 9.53 Å². The molecule has 1 saturated heterocycles. The van der Waals surface area contributed by atoms with Crippen LogP contribution >= 0.6 is 0 Å². The average Bonchev–Trinajstić information content (AvgIpc) is 2.35. The summed E-state index contributed by atoms with van der Waals surface area (Å²) >= 11 is 0. The lowest BCUT2D eigenvalue weighted by atomic mass is 9.99. The summed E-state index contributed by atoms with van der Waals surface area (Å²) in [7, 11) is 0. The van der Waals surface area contributed by atoms with Gasteiger partial charge in [0.15, 0.2) is 0 Å². The van der Waals surface area contributed by atoms with Gasteiger partial charge in [-0.05, 0) is 32.1 Å². The van der Waals surface area contributed by atoms with Gasteiger partial charge in [0.1, 0.15) is 0 Å². The van der Waals surface area contributed by atoms with Gasteiger partial charge in [0.2, 0.25) is 5.91 Å². The van der Waals surface area contributed by atoms with Crippen LogP contribution in [-0.4, -0.2) is 48.3 Å². The van der Waals surface area contributed by atoms with Crippen molar-refractivity contribution in [1.29, 1.82) is 0 Å². The summed E-state index contributed by atoms with van der Waals surface area (Å²) in [6.45, 7) is 4.32. The maximum absolute atomic E-state index is 12.0. The number of ether oxygens (including phenoxy) is 1. The van der Waals surface area contributed by atoms with Gasteiger partial charge in [0.25, 0.3) is 0 Å². The lowest BCUT2D eigenvalue weighted by molar-refractivity contribution is -0.136. The van der Waals surface area contributed by atoms with Crippen molar-refractivity contribution in [2.45, 2.75) is 51.5 Å². The highest BCUT2D eigenvalue weighted by Gasteiger charge is 2.25. The molecule has 0 aromatic carbocycles. The summed E-state index contributed by atoms with van der Waals surface area (Å²) < 4.78 is 5.34. The maximum Gasteiger partial charge on any atom is 0.225 e. The third-order valence-corrected chi connectivity index (χ3v) is 3.22. The Morgan fingerprint density at radius 3 is 2.94 bits per heavy atom. The van der Waals surface area contributed by atoms with E-state index in [1.807, 2.05) is 4.90 Å². The van der Waals surface area contributed by atoms with Gasteiger partial charge < -0.3 is 14.7 Å². The van der Waals surface area contributed by atoms with E-state index < -0.39 is 0 Å². The Labute approximate surface area is 104 Å². The van der Waals surface area contributed by atoms with Crippen LogP contribution in [0.3, 0.4) is 0 Å². The van der Waals surface area contributed by atoms with Crippen LogP contribution in [0.15, 0.2) is 0 Å². The molecule has 1 N–H and O–H groups in total. The fraction of sp³-hybridized carbons (Fsp3) is 0.923. The highest BCUT2D eigenvalue weighted by molar-refractivity contribution is 5.76. The molecule has 1 atom stereocenters. The Kier molecular flexibility index (Phi) is 7.21. The highest BCUT2D eigenvalue weighted by Crippen LogP contribution is 2.20. The lowest BCUT2D eigenvalue weighted by Gasteiger charge is -2.35. The number of aliphatic hydroxyl groups excluding tert-OH is 1. The largest absolute Gasteiger partial charge is 0.396 e. The second kappa shape index (κ2) is 8.48. The number of hydrogen-bond acceptors (Lipinski definition) is 3. The second-order valence-corrected chi connectivity index (χ2v) is 4.61. The first-order valence-electron chi connectivity index (χ1n) is 6.77. The van der Waals surface area contributed by atoms with Gasteiger partial charge in [-0.3, -0.25) is 4.79 Å². The minimum Gasteiger partial charge on any atom is -0.396 e. The van der Waals surface area contributed by atoms with E-state index >= 15 is 0 Å². The summed E-state index contributed by atoms with van der Waals surface area (Å²) in [6, 6.07) is 0.243. The topological polar surface area (TPSA) is 49.8 Å². The van der Waals surface area contributed by atoms with Gasteiger partial charge in [-0.15, -0.1) is 0 Å². The number of rotatable bonds is 7. The van der Waals surface area contributed by atoms with E-state index in [1.165, 1.54) is 6.42 Å². The summed E-state index contributed by atoms with van der Waals surface area (Å²) in [5.74, 6) is 0.180. The van der Waals surface area contributed by atoms with Crippen LogP contribution in [0, 0.1) is 0 Å². The second-order valence-electron chi connectivity index (χ2n) is 4.61. The molecule has 1 unspecified atom stereocenters. The first kappa shape index (κ1) is 14.5. The molecule has 100 valence electrons. The molecular weight excluding hydrogens is 218 g/mol. The van der Waals surface area contributed by atoms with Crippen molar-refractivity contribution in [2.75, 3.05) is 26.4 Å². The van der Waals surface area contributed by atoms with Crippen molar-refractivity contribution in [3.63, 3.8) is 0 Å². The van der Waals surface area contributed by atoms with Crippen LogP contribution in [0.4, 0.5) is 0 Å². The van der Waals surface area contributed by atoms with Gasteiger partial charge in [0.05, 0.1) is 13.0 Å². The molecule has 0 saturated carbocycles. The van der Waals surface area contributed by atoms with Gasteiger partial charge >= 0.3 is 0 Å². The van der Waals surface area contributed by atoms with Crippen molar-refractivity contribution in [3.8, 4) is 0 Å². The zero-order chi connectivity index (χ0) is 12.5. The highest BCUT2D eigenvalue weighted by atomic mass is 16.5. The molecule has 0 aliphatic carbocycles. The minimum absolute atomic E-state index is 0.167. The van der Waals surface area contributed by atoms with Crippen molar-refractivity contribution >= 4 is 5.91 Å². The molecular formula is C13H25NO3. The predicted molar refractivity (Wildman–Crippen MR) is 66.8 cm³/mol. The van der Waals surface area contributed by atoms with E-state index in [2.05, 4.69) is 6.92 Å². The summed E-state index contributed by atoms with van der Waals surface area (Å²) in [6.07, 6.45) is 5.46. The van der Waals surface area contributed by atoms with Crippen LogP contribution < -0.4 is 0 Å². The quantitative estimate of drug-likeness (QED) is 0.690. The van der Waals surface area contributed by atoms with Crippen LogP contribution in [0.1, 0.15) is 45.4 Å². The summed E-state index contributed by atoms with van der Waals surface area (Å²) in [5, 5.41) is 9.00. The average molecular weight is 243 g/mol. The Balaban J connectivity index is 2.31. The smallest absolute Gasteiger partial charge is 0.225 e. The van der Waals surface area contributed by atoms with Gasteiger partial charge in [-0.1, -0.05) is 6.92 Å². The normalized spacial score (nSPS) is 20.6. The van der Waals surface area contributed by atoms with Gasteiger partial charge in [-0.2, -0.15) is 0 Å². The monoisotopic (exact) mass is 243 g/mol. The number of piperidine rings is 1. The Bertz CT molecular complexity index is 219. The number of hydrogen-bond donors (Lipinski definition) is 1. The van der Waals surface area contributed by atoms with E-state index in [9.17, 15) is 4.79 Å². The van der Waals surface area contributed by atoms with Gasteiger partial charge in [-0.25, -0.2) is 0 Å². The standard InChI is InChI=1S/C13H25NO3/c1-2-10-17-11-7-13(16)14-8-4-3-5-12(14)6-9-15/h12,15H,2-11H2,1H3. The fourth-order valence-electron chi connectivity index (χ4n) is 2.33. The molecule has 0 aromatic rings. The number of amides is 1. The minimum atomic E-state index is 0.167. The summed E-state index contributed by atoms with van der Waals surface area (Å²) in [5.41, 5.74) is 0. The molecule has 17 heavy (non-hydrogen) atoms. The maximum atomic E-state index is 12.0. The van der Waals surface area contributed by atoms with Crippen LogP contribution in [0.25, 0.3) is 0 Å². The number of carbonyl (C=O) groups is 1. The summed E-state index contributed by atoms with van der Waals surface area (Å²) in [4.78, 5) is 14.0. The first-order chi connectivity index (χ1) is 8.29. The van der Waals surface area contributed by atoms with E-state index in [-0.39, 0.29) is 18.6 Å². The number of likely N-dealkylation sites (tertiary alicyclic amines) is 1. The van der Waals surface area contributed by atoms with Gasteiger partial charge in [0, 0.05) is 25.8 Å². The molecule has 1 amide bonds. The Morgan fingerprint density at radius 2 is 2.24 bits per heavy atom. The Hall–Kier alpha value is -0.610.